The molecular formula is C24H31BrN2O2S. The minimum absolute atomic E-state index is 0.00267. The van der Waals surface area contributed by atoms with E-state index in [4.69, 9.17) is 0 Å². The van der Waals surface area contributed by atoms with Gasteiger partial charge in [-0.25, -0.2) is 0 Å². The quantitative estimate of drug-likeness (QED) is 0.463. The lowest BCUT2D eigenvalue weighted by Gasteiger charge is -2.30. The van der Waals surface area contributed by atoms with Crippen LogP contribution in [0.1, 0.15) is 43.4 Å². The fourth-order valence-electron chi connectivity index (χ4n) is 3.21. The summed E-state index contributed by atoms with van der Waals surface area (Å²) < 4.78 is 1.04. The number of nitrogens with zero attached hydrogens (tertiary/aromatic N) is 1. The molecule has 0 unspecified atom stereocenters. The van der Waals surface area contributed by atoms with Crippen LogP contribution in [0.3, 0.4) is 0 Å². The summed E-state index contributed by atoms with van der Waals surface area (Å²) in [6.45, 7) is 7.09. The van der Waals surface area contributed by atoms with Crippen molar-refractivity contribution >= 4 is 39.5 Å². The first-order valence-corrected chi connectivity index (χ1v) is 12.3. The summed E-state index contributed by atoms with van der Waals surface area (Å²) in [4.78, 5) is 27.7. The Kier molecular flexibility index (Phi) is 10.4. The van der Waals surface area contributed by atoms with Crippen LogP contribution in [-0.2, 0) is 21.9 Å². The third kappa shape index (κ3) is 7.80. The molecule has 0 saturated heterocycles. The molecule has 0 saturated carbocycles. The van der Waals surface area contributed by atoms with Gasteiger partial charge in [0.25, 0.3) is 0 Å². The standard InChI is InChI=1S/C24H31BrN2O2S/c1-4-13-26-24(29)22(5-2)27(15-20-8-6-7-18(3)14-20)23(28)17-30-16-19-9-11-21(25)12-10-19/h6-12,14,22H,4-5,13,15-17H2,1-3H3,(H,26,29)/t22-/m1/s1. The van der Waals surface area contributed by atoms with Crippen LogP contribution in [-0.4, -0.2) is 35.1 Å². The van der Waals surface area contributed by atoms with Crippen LogP contribution in [0.15, 0.2) is 53.0 Å². The number of carbonyl (C=O) groups is 2. The van der Waals surface area contributed by atoms with Gasteiger partial charge in [0.15, 0.2) is 0 Å². The number of amides is 2. The minimum Gasteiger partial charge on any atom is -0.354 e. The van der Waals surface area contributed by atoms with Gasteiger partial charge in [0, 0.05) is 23.3 Å². The SMILES string of the molecule is CCCNC(=O)[C@@H](CC)N(Cc1cccc(C)c1)C(=O)CSCc1ccc(Br)cc1. The van der Waals surface area contributed by atoms with E-state index in [9.17, 15) is 9.59 Å². The zero-order valence-corrected chi connectivity index (χ0v) is 20.4. The van der Waals surface area contributed by atoms with E-state index < -0.39 is 6.04 Å². The van der Waals surface area contributed by atoms with Crippen molar-refractivity contribution in [3.05, 3.63) is 69.7 Å². The van der Waals surface area contributed by atoms with Crippen molar-refractivity contribution in [2.24, 2.45) is 0 Å². The molecule has 2 aromatic rings. The Morgan fingerprint density at radius 1 is 1.10 bits per heavy atom. The largest absolute Gasteiger partial charge is 0.354 e. The van der Waals surface area contributed by atoms with Crippen LogP contribution < -0.4 is 5.32 Å². The number of nitrogens with one attached hydrogen (secondary N) is 1. The van der Waals surface area contributed by atoms with Gasteiger partial charge in [0.2, 0.25) is 11.8 Å². The Labute approximate surface area is 192 Å². The molecule has 1 N–H and O–H groups in total. The van der Waals surface area contributed by atoms with E-state index in [0.717, 1.165) is 27.8 Å². The summed E-state index contributed by atoms with van der Waals surface area (Å²) in [5, 5.41) is 2.96. The number of rotatable bonds is 11. The smallest absolute Gasteiger partial charge is 0.242 e. The van der Waals surface area contributed by atoms with E-state index in [0.29, 0.717) is 25.3 Å². The number of benzene rings is 2. The second-order valence-corrected chi connectivity index (χ2v) is 9.25. The van der Waals surface area contributed by atoms with Crippen LogP contribution in [0, 0.1) is 6.92 Å². The molecule has 30 heavy (non-hydrogen) atoms. The van der Waals surface area contributed by atoms with Gasteiger partial charge in [0.1, 0.15) is 6.04 Å². The summed E-state index contributed by atoms with van der Waals surface area (Å²) in [5.41, 5.74) is 3.37. The molecule has 0 aliphatic rings. The third-order valence-electron chi connectivity index (χ3n) is 4.78. The molecule has 0 aromatic heterocycles. The Balaban J connectivity index is 2.10. The molecule has 0 bridgehead atoms. The number of hydrogen-bond donors (Lipinski definition) is 1. The van der Waals surface area contributed by atoms with E-state index in [1.165, 1.54) is 5.56 Å². The molecule has 0 fully saturated rings. The highest BCUT2D eigenvalue weighted by molar-refractivity contribution is 9.10. The van der Waals surface area contributed by atoms with Gasteiger partial charge < -0.3 is 10.2 Å². The second-order valence-electron chi connectivity index (χ2n) is 7.35. The minimum atomic E-state index is -0.460. The maximum Gasteiger partial charge on any atom is 0.242 e. The molecule has 1 atom stereocenters. The fourth-order valence-corrected chi connectivity index (χ4v) is 4.35. The lowest BCUT2D eigenvalue weighted by molar-refractivity contribution is -0.139. The lowest BCUT2D eigenvalue weighted by Crippen LogP contribution is -2.49. The molecule has 0 aliphatic carbocycles. The normalized spacial score (nSPS) is 11.7. The Hall–Kier alpha value is -1.79. The Bertz CT molecular complexity index is 826. The molecule has 0 aliphatic heterocycles. The zero-order valence-electron chi connectivity index (χ0n) is 18.0. The summed E-state index contributed by atoms with van der Waals surface area (Å²) in [6.07, 6.45) is 1.46. The van der Waals surface area contributed by atoms with E-state index in [-0.39, 0.29) is 11.8 Å². The highest BCUT2D eigenvalue weighted by Gasteiger charge is 2.28. The highest BCUT2D eigenvalue weighted by Crippen LogP contribution is 2.19. The van der Waals surface area contributed by atoms with Gasteiger partial charge in [-0.3, -0.25) is 9.59 Å². The average molecular weight is 491 g/mol. The van der Waals surface area contributed by atoms with Crippen molar-refractivity contribution < 1.29 is 9.59 Å². The first-order valence-electron chi connectivity index (χ1n) is 10.4. The van der Waals surface area contributed by atoms with Crippen LogP contribution >= 0.6 is 27.7 Å². The molecule has 0 radical (unpaired) electrons. The maximum absolute atomic E-state index is 13.2. The average Bonchev–Trinajstić information content (AvgIpc) is 2.73. The third-order valence-corrected chi connectivity index (χ3v) is 6.30. The number of carbonyl (C=O) groups excluding carboxylic acids is 2. The van der Waals surface area contributed by atoms with Crippen LogP contribution in [0.25, 0.3) is 0 Å². The number of aryl methyl sites for hydroxylation is 1. The molecule has 2 rings (SSSR count). The van der Waals surface area contributed by atoms with Crippen molar-refractivity contribution in [1.29, 1.82) is 0 Å². The van der Waals surface area contributed by atoms with Crippen LogP contribution in [0.4, 0.5) is 0 Å². The van der Waals surface area contributed by atoms with Crippen molar-refractivity contribution in [3.63, 3.8) is 0 Å². The van der Waals surface area contributed by atoms with Gasteiger partial charge in [-0.1, -0.05) is 71.7 Å². The summed E-state index contributed by atoms with van der Waals surface area (Å²) in [5.74, 6) is 1.03. The monoisotopic (exact) mass is 490 g/mol. The van der Waals surface area contributed by atoms with Gasteiger partial charge in [-0.05, 0) is 43.0 Å². The lowest BCUT2D eigenvalue weighted by atomic mass is 10.1. The molecular weight excluding hydrogens is 460 g/mol. The van der Waals surface area contributed by atoms with Gasteiger partial charge in [-0.15, -0.1) is 11.8 Å². The van der Waals surface area contributed by atoms with Crippen LogP contribution in [0.5, 0.6) is 0 Å². The van der Waals surface area contributed by atoms with Crippen molar-refractivity contribution in [3.8, 4) is 0 Å². The molecule has 2 amide bonds. The van der Waals surface area contributed by atoms with Gasteiger partial charge in [0.05, 0.1) is 5.75 Å². The number of hydrogen-bond acceptors (Lipinski definition) is 3. The van der Waals surface area contributed by atoms with Gasteiger partial charge in [-0.2, -0.15) is 0 Å². The molecule has 0 heterocycles. The first kappa shape index (κ1) is 24.5. The maximum atomic E-state index is 13.2. The van der Waals surface area contributed by atoms with E-state index in [1.807, 2.05) is 51.1 Å². The number of halogens is 1. The van der Waals surface area contributed by atoms with E-state index in [1.54, 1.807) is 16.7 Å². The topological polar surface area (TPSA) is 49.4 Å². The van der Waals surface area contributed by atoms with Gasteiger partial charge >= 0.3 is 0 Å². The molecule has 162 valence electrons. The molecule has 6 heteroatoms. The van der Waals surface area contributed by atoms with Crippen molar-refractivity contribution in [1.82, 2.24) is 10.2 Å². The first-order chi connectivity index (χ1) is 14.4. The van der Waals surface area contributed by atoms with Crippen molar-refractivity contribution in [2.45, 2.75) is 52.0 Å². The molecule has 4 nitrogen and oxygen atoms in total. The van der Waals surface area contributed by atoms with E-state index in [2.05, 4.69) is 39.4 Å². The Morgan fingerprint density at radius 2 is 1.83 bits per heavy atom. The summed E-state index contributed by atoms with van der Waals surface area (Å²) in [6, 6.07) is 15.8. The predicted molar refractivity (Wildman–Crippen MR) is 129 cm³/mol. The molecule has 0 spiro atoms. The fraction of sp³-hybridized carbons (Fsp3) is 0.417. The highest BCUT2D eigenvalue weighted by atomic mass is 79.9. The summed E-state index contributed by atoms with van der Waals surface area (Å²) in [7, 11) is 0. The van der Waals surface area contributed by atoms with E-state index >= 15 is 0 Å². The summed E-state index contributed by atoms with van der Waals surface area (Å²) >= 11 is 5.02. The predicted octanol–water partition coefficient (Wildman–Crippen LogP) is 5.32. The molecule has 2 aromatic carbocycles. The second kappa shape index (κ2) is 12.8. The number of thioether (sulfide) groups is 1. The van der Waals surface area contributed by atoms with Crippen LogP contribution in [0.2, 0.25) is 0 Å². The van der Waals surface area contributed by atoms with Crippen molar-refractivity contribution in [2.75, 3.05) is 12.3 Å². The Morgan fingerprint density at radius 3 is 2.47 bits per heavy atom. The zero-order chi connectivity index (χ0) is 21.9.